The van der Waals surface area contributed by atoms with Gasteiger partial charge in [0.25, 0.3) is 0 Å². The number of hydrogen-bond donors (Lipinski definition) is 1. The van der Waals surface area contributed by atoms with Crippen molar-refractivity contribution in [2.24, 2.45) is 0 Å². The van der Waals surface area contributed by atoms with Gasteiger partial charge in [-0.2, -0.15) is 13.2 Å². The van der Waals surface area contributed by atoms with Crippen LogP contribution in [0, 0.1) is 6.92 Å². The number of rotatable bonds is 2. The summed E-state index contributed by atoms with van der Waals surface area (Å²) in [5.41, 5.74) is 1.16. The Bertz CT molecular complexity index is 806. The molecule has 24 heavy (non-hydrogen) atoms. The lowest BCUT2D eigenvalue weighted by atomic mass is 9.97. The van der Waals surface area contributed by atoms with Crippen molar-refractivity contribution in [3.8, 4) is 0 Å². The molecule has 0 bridgehead atoms. The molecule has 0 fully saturated rings. The van der Waals surface area contributed by atoms with Crippen molar-refractivity contribution < 1.29 is 23.1 Å². The summed E-state index contributed by atoms with van der Waals surface area (Å²) in [4.78, 5) is 20.9. The van der Waals surface area contributed by atoms with Gasteiger partial charge in [-0.3, -0.25) is 0 Å². The van der Waals surface area contributed by atoms with E-state index in [-0.39, 0.29) is 5.69 Å². The molecule has 3 rings (SSSR count). The highest BCUT2D eigenvalue weighted by Crippen LogP contribution is 2.33. The van der Waals surface area contributed by atoms with Crippen LogP contribution in [0.3, 0.4) is 0 Å². The molecule has 0 saturated carbocycles. The van der Waals surface area contributed by atoms with Gasteiger partial charge in [0, 0.05) is 18.7 Å². The lowest BCUT2D eigenvalue weighted by Crippen LogP contribution is -2.32. The van der Waals surface area contributed by atoms with Crippen molar-refractivity contribution in [3.63, 3.8) is 0 Å². The molecule has 0 spiro atoms. The zero-order valence-corrected chi connectivity index (χ0v) is 12.8. The molecule has 0 radical (unpaired) electrons. The highest BCUT2D eigenvalue weighted by Gasteiger charge is 2.32. The van der Waals surface area contributed by atoms with Crippen LogP contribution in [-0.2, 0) is 19.1 Å². The first-order chi connectivity index (χ1) is 11.3. The van der Waals surface area contributed by atoms with E-state index < -0.39 is 17.7 Å². The van der Waals surface area contributed by atoms with Gasteiger partial charge in [0.1, 0.15) is 12.1 Å². The fourth-order valence-electron chi connectivity index (χ4n) is 2.89. The van der Waals surface area contributed by atoms with Crippen LogP contribution >= 0.6 is 0 Å². The molecule has 0 aliphatic carbocycles. The van der Waals surface area contributed by atoms with Crippen LogP contribution in [0.25, 0.3) is 0 Å². The van der Waals surface area contributed by atoms with E-state index in [1.807, 2.05) is 4.90 Å². The molecule has 2 heterocycles. The number of anilines is 1. The van der Waals surface area contributed by atoms with Crippen molar-refractivity contribution in [2.75, 3.05) is 11.4 Å². The van der Waals surface area contributed by atoms with Gasteiger partial charge < -0.3 is 10.0 Å². The zero-order valence-electron chi connectivity index (χ0n) is 12.8. The SMILES string of the molecule is Cc1c(C(=O)O)ncnc1N1CCc2cc(C(F)(F)F)ccc2C1. The van der Waals surface area contributed by atoms with Crippen LogP contribution in [0.4, 0.5) is 19.0 Å². The molecule has 1 aliphatic rings. The average Bonchev–Trinajstić information content (AvgIpc) is 2.53. The van der Waals surface area contributed by atoms with E-state index in [4.69, 9.17) is 5.11 Å². The van der Waals surface area contributed by atoms with Crippen molar-refractivity contribution in [2.45, 2.75) is 26.1 Å². The molecule has 8 heteroatoms. The van der Waals surface area contributed by atoms with E-state index in [9.17, 15) is 18.0 Å². The molecule has 0 saturated heterocycles. The van der Waals surface area contributed by atoms with E-state index in [1.54, 1.807) is 6.92 Å². The minimum atomic E-state index is -4.36. The maximum atomic E-state index is 12.8. The number of nitrogens with zero attached hydrogens (tertiary/aromatic N) is 3. The Morgan fingerprint density at radius 3 is 2.67 bits per heavy atom. The number of aromatic nitrogens is 2. The van der Waals surface area contributed by atoms with Gasteiger partial charge in [-0.1, -0.05) is 6.07 Å². The topological polar surface area (TPSA) is 66.3 Å². The largest absolute Gasteiger partial charge is 0.476 e. The first kappa shape index (κ1) is 16.2. The predicted octanol–water partition coefficient (Wildman–Crippen LogP) is 3.06. The van der Waals surface area contributed by atoms with E-state index in [0.29, 0.717) is 36.5 Å². The van der Waals surface area contributed by atoms with Gasteiger partial charge in [-0.25, -0.2) is 14.8 Å². The summed E-state index contributed by atoms with van der Waals surface area (Å²) >= 11 is 0. The summed E-state index contributed by atoms with van der Waals surface area (Å²) < 4.78 is 38.4. The molecule has 2 aromatic rings. The zero-order chi connectivity index (χ0) is 17.5. The lowest BCUT2D eigenvalue weighted by Gasteiger charge is -2.31. The normalized spacial score (nSPS) is 14.4. The van der Waals surface area contributed by atoms with Gasteiger partial charge in [0.05, 0.1) is 5.56 Å². The molecule has 1 aromatic heterocycles. The smallest absolute Gasteiger partial charge is 0.416 e. The van der Waals surface area contributed by atoms with Gasteiger partial charge in [-0.15, -0.1) is 0 Å². The minimum absolute atomic E-state index is 0.0711. The molecule has 1 aliphatic heterocycles. The number of carbonyl (C=O) groups is 1. The molecule has 1 aromatic carbocycles. The van der Waals surface area contributed by atoms with Crippen LogP contribution in [0.15, 0.2) is 24.5 Å². The second-order valence-corrected chi connectivity index (χ2v) is 5.63. The summed E-state index contributed by atoms with van der Waals surface area (Å²) in [6.07, 6.45) is -2.73. The Kier molecular flexibility index (Phi) is 3.90. The van der Waals surface area contributed by atoms with Gasteiger partial charge in [0.15, 0.2) is 5.69 Å². The lowest BCUT2D eigenvalue weighted by molar-refractivity contribution is -0.137. The number of alkyl halides is 3. The van der Waals surface area contributed by atoms with Gasteiger partial charge in [-0.05, 0) is 36.6 Å². The number of hydrogen-bond acceptors (Lipinski definition) is 4. The van der Waals surface area contributed by atoms with Crippen LogP contribution in [0.5, 0.6) is 0 Å². The van der Waals surface area contributed by atoms with Crippen LogP contribution in [0.1, 0.15) is 32.7 Å². The Hall–Kier alpha value is -2.64. The maximum Gasteiger partial charge on any atom is 0.416 e. The van der Waals surface area contributed by atoms with Crippen LogP contribution < -0.4 is 4.90 Å². The Morgan fingerprint density at radius 1 is 1.25 bits per heavy atom. The van der Waals surface area contributed by atoms with E-state index >= 15 is 0 Å². The predicted molar refractivity (Wildman–Crippen MR) is 79.9 cm³/mol. The molecule has 0 atom stereocenters. The van der Waals surface area contributed by atoms with Crippen molar-refractivity contribution >= 4 is 11.8 Å². The number of carboxylic acid groups (broad SMARTS) is 1. The maximum absolute atomic E-state index is 12.8. The van der Waals surface area contributed by atoms with Gasteiger partial charge >= 0.3 is 12.1 Å². The Morgan fingerprint density at radius 2 is 2.00 bits per heavy atom. The molecule has 126 valence electrons. The van der Waals surface area contributed by atoms with Gasteiger partial charge in [0.2, 0.25) is 0 Å². The van der Waals surface area contributed by atoms with Crippen molar-refractivity contribution in [3.05, 3.63) is 52.5 Å². The highest BCUT2D eigenvalue weighted by molar-refractivity contribution is 5.88. The van der Waals surface area contributed by atoms with Crippen LogP contribution in [-0.4, -0.2) is 27.6 Å². The average molecular weight is 337 g/mol. The summed E-state index contributed by atoms with van der Waals surface area (Å²) in [5.74, 6) is -0.642. The third-order valence-electron chi connectivity index (χ3n) is 4.11. The minimum Gasteiger partial charge on any atom is -0.476 e. The number of aromatic carboxylic acids is 1. The molecule has 5 nitrogen and oxygen atoms in total. The second kappa shape index (κ2) is 5.77. The highest BCUT2D eigenvalue weighted by atomic mass is 19.4. The third-order valence-corrected chi connectivity index (χ3v) is 4.11. The second-order valence-electron chi connectivity index (χ2n) is 5.63. The molecule has 1 N–H and O–H groups in total. The Labute approximate surface area is 135 Å². The van der Waals surface area contributed by atoms with E-state index in [2.05, 4.69) is 9.97 Å². The van der Waals surface area contributed by atoms with Crippen molar-refractivity contribution in [1.29, 1.82) is 0 Å². The van der Waals surface area contributed by atoms with E-state index in [0.717, 1.165) is 11.6 Å². The summed E-state index contributed by atoms with van der Waals surface area (Å²) in [5, 5.41) is 9.14. The monoisotopic (exact) mass is 337 g/mol. The number of carboxylic acids is 1. The third kappa shape index (κ3) is 2.91. The Balaban J connectivity index is 1.91. The molecular weight excluding hydrogens is 323 g/mol. The fourth-order valence-corrected chi connectivity index (χ4v) is 2.89. The summed E-state index contributed by atoms with van der Waals surface area (Å²) in [6, 6.07) is 3.72. The van der Waals surface area contributed by atoms with Crippen LogP contribution in [0.2, 0.25) is 0 Å². The first-order valence-electron chi connectivity index (χ1n) is 7.26. The fraction of sp³-hybridized carbons (Fsp3) is 0.312. The van der Waals surface area contributed by atoms with Crippen molar-refractivity contribution in [1.82, 2.24) is 9.97 Å². The standard InChI is InChI=1S/C16H14F3N3O2/c1-9-13(15(23)24)20-8-21-14(9)22-5-4-10-6-12(16(17,18)19)3-2-11(10)7-22/h2-3,6,8H,4-5,7H2,1H3,(H,23,24). The number of halogens is 3. The quantitative estimate of drug-likeness (QED) is 0.912. The first-order valence-corrected chi connectivity index (χ1v) is 7.26. The molecule has 0 unspecified atom stereocenters. The molecular formula is C16H14F3N3O2. The van der Waals surface area contributed by atoms with E-state index in [1.165, 1.54) is 18.5 Å². The number of fused-ring (bicyclic) bond motifs is 1. The summed E-state index contributed by atoms with van der Waals surface area (Å²) in [7, 11) is 0. The summed E-state index contributed by atoms with van der Waals surface area (Å²) in [6.45, 7) is 2.47. The number of benzene rings is 1. The molecule has 0 amide bonds.